The van der Waals surface area contributed by atoms with Gasteiger partial charge in [-0.25, -0.2) is 0 Å². The third kappa shape index (κ3) is 2.43. The van der Waals surface area contributed by atoms with Crippen molar-refractivity contribution >= 4 is 5.91 Å². The number of carbonyl (C=O) groups is 1. The molecule has 1 amide bonds. The van der Waals surface area contributed by atoms with Gasteiger partial charge in [-0.1, -0.05) is 5.92 Å². The van der Waals surface area contributed by atoms with Crippen LogP contribution >= 0.6 is 0 Å². The average molecular weight is 219 g/mol. The lowest BCUT2D eigenvalue weighted by Gasteiger charge is -2.18. The first-order chi connectivity index (χ1) is 7.63. The Kier molecular flexibility index (Phi) is 4.12. The molecule has 0 aliphatic heterocycles. The minimum Gasteiger partial charge on any atom is -0.326 e. The summed E-state index contributed by atoms with van der Waals surface area (Å²) in [5.41, 5.74) is 1.46. The highest BCUT2D eigenvalue weighted by Crippen LogP contribution is 2.07. The molecule has 0 fully saturated rings. The number of hydrogen-bond acceptors (Lipinski definition) is 2. The second-order valence-corrected chi connectivity index (χ2v) is 3.51. The van der Waals surface area contributed by atoms with Crippen LogP contribution in [0.25, 0.3) is 0 Å². The van der Waals surface area contributed by atoms with Gasteiger partial charge < -0.3 is 4.90 Å². The summed E-state index contributed by atoms with van der Waals surface area (Å²) in [4.78, 5) is 13.8. The van der Waals surface area contributed by atoms with Gasteiger partial charge in [0.15, 0.2) is 0 Å². The van der Waals surface area contributed by atoms with Crippen molar-refractivity contribution < 1.29 is 4.79 Å². The molecule has 0 saturated heterocycles. The van der Waals surface area contributed by atoms with E-state index in [0.29, 0.717) is 25.3 Å². The Balaban J connectivity index is 2.98. The van der Waals surface area contributed by atoms with Gasteiger partial charge in [0.2, 0.25) is 0 Å². The molecule has 0 unspecified atom stereocenters. The Morgan fingerprint density at radius 3 is 2.81 bits per heavy atom. The Morgan fingerprint density at radius 1 is 1.62 bits per heavy atom. The maximum atomic E-state index is 12.1. The van der Waals surface area contributed by atoms with Gasteiger partial charge in [-0.05, 0) is 26.8 Å². The van der Waals surface area contributed by atoms with Crippen LogP contribution in [0.15, 0.2) is 6.07 Å². The van der Waals surface area contributed by atoms with Gasteiger partial charge in [-0.3, -0.25) is 9.48 Å². The summed E-state index contributed by atoms with van der Waals surface area (Å²) >= 11 is 0. The number of aromatic nitrogens is 2. The highest BCUT2D eigenvalue weighted by Gasteiger charge is 2.18. The second kappa shape index (κ2) is 5.36. The van der Waals surface area contributed by atoms with Crippen molar-refractivity contribution in [1.82, 2.24) is 14.7 Å². The number of hydrogen-bond donors (Lipinski definition) is 0. The lowest BCUT2D eigenvalue weighted by Crippen LogP contribution is -2.32. The molecule has 1 aromatic rings. The first-order valence-corrected chi connectivity index (χ1v) is 5.41. The number of amides is 1. The molecule has 0 aliphatic rings. The van der Waals surface area contributed by atoms with Gasteiger partial charge in [0, 0.05) is 13.1 Å². The molecule has 0 saturated carbocycles. The van der Waals surface area contributed by atoms with Crippen molar-refractivity contribution in [2.45, 2.75) is 27.3 Å². The van der Waals surface area contributed by atoms with E-state index in [1.54, 1.807) is 15.6 Å². The molecule has 4 heteroatoms. The summed E-state index contributed by atoms with van der Waals surface area (Å²) in [5, 5.41) is 4.24. The van der Waals surface area contributed by atoms with Crippen LogP contribution < -0.4 is 0 Å². The Hall–Kier alpha value is -1.76. The van der Waals surface area contributed by atoms with Crippen LogP contribution in [0.1, 0.15) is 30.0 Å². The van der Waals surface area contributed by atoms with E-state index in [1.807, 2.05) is 20.8 Å². The van der Waals surface area contributed by atoms with Crippen molar-refractivity contribution in [2.24, 2.45) is 0 Å². The minimum absolute atomic E-state index is 0.0529. The van der Waals surface area contributed by atoms with E-state index in [9.17, 15) is 4.79 Å². The third-order valence-electron chi connectivity index (χ3n) is 2.37. The highest BCUT2D eigenvalue weighted by atomic mass is 16.2. The van der Waals surface area contributed by atoms with E-state index in [4.69, 9.17) is 6.42 Å². The molecule has 0 radical (unpaired) electrons. The average Bonchev–Trinajstić information content (AvgIpc) is 2.66. The van der Waals surface area contributed by atoms with Gasteiger partial charge in [0.25, 0.3) is 5.91 Å². The molecule has 4 nitrogen and oxygen atoms in total. The molecular weight excluding hydrogens is 202 g/mol. The Labute approximate surface area is 96.2 Å². The maximum absolute atomic E-state index is 12.1. The fourth-order valence-corrected chi connectivity index (χ4v) is 1.56. The quantitative estimate of drug-likeness (QED) is 0.716. The monoisotopic (exact) mass is 219 g/mol. The Morgan fingerprint density at radius 2 is 2.31 bits per heavy atom. The SMILES string of the molecule is C#CCN(CC)C(=O)c1cc(C)nn1CC. The number of aryl methyl sites for hydroxylation is 2. The summed E-state index contributed by atoms with van der Waals surface area (Å²) < 4.78 is 1.71. The first kappa shape index (κ1) is 12.3. The molecule has 0 N–H and O–H groups in total. The van der Waals surface area contributed by atoms with Crippen LogP contribution in [0.4, 0.5) is 0 Å². The van der Waals surface area contributed by atoms with Crippen molar-refractivity contribution in [3.8, 4) is 12.3 Å². The lowest BCUT2D eigenvalue weighted by atomic mass is 10.3. The molecule has 0 spiro atoms. The summed E-state index contributed by atoms with van der Waals surface area (Å²) in [6.45, 7) is 7.37. The first-order valence-electron chi connectivity index (χ1n) is 5.41. The second-order valence-electron chi connectivity index (χ2n) is 3.51. The van der Waals surface area contributed by atoms with Gasteiger partial charge in [0.1, 0.15) is 5.69 Å². The van der Waals surface area contributed by atoms with E-state index in [0.717, 1.165) is 5.69 Å². The van der Waals surface area contributed by atoms with E-state index in [2.05, 4.69) is 11.0 Å². The zero-order valence-electron chi connectivity index (χ0n) is 10.0. The molecule has 86 valence electrons. The van der Waals surface area contributed by atoms with Gasteiger partial charge >= 0.3 is 0 Å². The molecule has 0 bridgehead atoms. The molecule has 0 atom stereocenters. The molecule has 1 heterocycles. The molecule has 1 rings (SSSR count). The number of nitrogens with zero attached hydrogens (tertiary/aromatic N) is 3. The maximum Gasteiger partial charge on any atom is 0.272 e. The number of carbonyl (C=O) groups excluding carboxylic acids is 1. The van der Waals surface area contributed by atoms with Crippen LogP contribution in [0, 0.1) is 19.3 Å². The topological polar surface area (TPSA) is 38.1 Å². The normalized spacial score (nSPS) is 9.88. The van der Waals surface area contributed by atoms with E-state index in [1.165, 1.54) is 0 Å². The van der Waals surface area contributed by atoms with Crippen molar-refractivity contribution in [3.63, 3.8) is 0 Å². The van der Waals surface area contributed by atoms with Crippen LogP contribution in [0.5, 0.6) is 0 Å². The van der Waals surface area contributed by atoms with Crippen LogP contribution in [0.2, 0.25) is 0 Å². The molecule has 1 aromatic heterocycles. The zero-order chi connectivity index (χ0) is 12.1. The lowest BCUT2D eigenvalue weighted by molar-refractivity contribution is 0.0772. The van der Waals surface area contributed by atoms with Crippen LogP contribution in [-0.4, -0.2) is 33.7 Å². The largest absolute Gasteiger partial charge is 0.326 e. The Bertz CT molecular complexity index is 414. The van der Waals surface area contributed by atoms with Crippen LogP contribution in [0.3, 0.4) is 0 Å². The zero-order valence-corrected chi connectivity index (χ0v) is 10.0. The van der Waals surface area contributed by atoms with E-state index >= 15 is 0 Å². The third-order valence-corrected chi connectivity index (χ3v) is 2.37. The predicted octanol–water partition coefficient (Wildman–Crippen LogP) is 1.31. The van der Waals surface area contributed by atoms with Gasteiger partial charge in [-0.2, -0.15) is 5.10 Å². The molecule has 16 heavy (non-hydrogen) atoms. The predicted molar refractivity (Wildman–Crippen MR) is 63.0 cm³/mol. The van der Waals surface area contributed by atoms with E-state index < -0.39 is 0 Å². The number of terminal acetylenes is 1. The van der Waals surface area contributed by atoms with Gasteiger partial charge in [0.05, 0.1) is 12.2 Å². The fraction of sp³-hybridized carbons (Fsp3) is 0.500. The number of rotatable bonds is 4. The fourth-order valence-electron chi connectivity index (χ4n) is 1.56. The molecule has 0 aromatic carbocycles. The standard InChI is InChI=1S/C12H17N3O/c1-5-8-14(6-2)12(16)11-9-10(4)13-15(11)7-3/h1,9H,6-8H2,2-4H3. The van der Waals surface area contributed by atoms with Crippen molar-refractivity contribution in [2.75, 3.05) is 13.1 Å². The van der Waals surface area contributed by atoms with Gasteiger partial charge in [-0.15, -0.1) is 6.42 Å². The van der Waals surface area contributed by atoms with Crippen molar-refractivity contribution in [1.29, 1.82) is 0 Å². The molecular formula is C12H17N3O. The summed E-state index contributed by atoms with van der Waals surface area (Å²) in [5.74, 6) is 2.44. The van der Waals surface area contributed by atoms with Crippen LogP contribution in [-0.2, 0) is 6.54 Å². The molecule has 0 aliphatic carbocycles. The van der Waals surface area contributed by atoms with Crippen molar-refractivity contribution in [3.05, 3.63) is 17.5 Å². The summed E-state index contributed by atoms with van der Waals surface area (Å²) in [6.07, 6.45) is 5.23. The highest BCUT2D eigenvalue weighted by molar-refractivity contribution is 5.92. The summed E-state index contributed by atoms with van der Waals surface area (Å²) in [6, 6.07) is 1.80. The summed E-state index contributed by atoms with van der Waals surface area (Å²) in [7, 11) is 0. The minimum atomic E-state index is -0.0529. The van der Waals surface area contributed by atoms with E-state index in [-0.39, 0.29) is 5.91 Å². The smallest absolute Gasteiger partial charge is 0.272 e.